The van der Waals surface area contributed by atoms with Gasteiger partial charge < -0.3 is 10.2 Å². The zero-order chi connectivity index (χ0) is 12.3. The van der Waals surface area contributed by atoms with Gasteiger partial charge in [-0.2, -0.15) is 0 Å². The normalized spacial score (nSPS) is 22.2. The highest BCUT2D eigenvalue weighted by atomic mass is 16.2. The van der Waals surface area contributed by atoms with Crippen LogP contribution in [0.5, 0.6) is 0 Å². The monoisotopic (exact) mass is 226 g/mol. The van der Waals surface area contributed by atoms with Crippen LogP contribution in [0.15, 0.2) is 0 Å². The first kappa shape index (κ1) is 13.0. The Morgan fingerprint density at radius 3 is 2.50 bits per heavy atom. The van der Waals surface area contributed by atoms with E-state index in [0.717, 1.165) is 12.8 Å². The van der Waals surface area contributed by atoms with Gasteiger partial charge in [-0.3, -0.25) is 9.59 Å². The molecule has 2 amide bonds. The largest absolute Gasteiger partial charge is 0.345 e. The number of piperazine rings is 1. The number of nitrogens with zero attached hydrogens (tertiary/aromatic N) is 1. The maximum Gasteiger partial charge on any atom is 0.243 e. The second-order valence-electron chi connectivity index (χ2n) is 4.97. The Balaban J connectivity index is 2.95. The Morgan fingerprint density at radius 2 is 2.00 bits per heavy atom. The standard InChI is InChI=1S/C12H22N2O2/c1-5-7-12(3,4)14-9(6-2)11(16)13-8-10(14)15/h9H,5-8H2,1-4H3,(H,13,16). The van der Waals surface area contributed by atoms with Crippen LogP contribution in [0, 0.1) is 0 Å². The van der Waals surface area contributed by atoms with Crippen molar-refractivity contribution < 1.29 is 9.59 Å². The van der Waals surface area contributed by atoms with Gasteiger partial charge in [0.15, 0.2) is 0 Å². The maximum absolute atomic E-state index is 11.9. The average molecular weight is 226 g/mol. The van der Waals surface area contributed by atoms with Gasteiger partial charge in [-0.05, 0) is 26.7 Å². The molecule has 1 fully saturated rings. The lowest BCUT2D eigenvalue weighted by Gasteiger charge is -2.45. The summed E-state index contributed by atoms with van der Waals surface area (Å²) in [5.74, 6) is 0.0104. The van der Waals surface area contributed by atoms with Crippen LogP contribution in [-0.2, 0) is 9.59 Å². The summed E-state index contributed by atoms with van der Waals surface area (Å²) < 4.78 is 0. The molecule has 1 saturated heterocycles. The van der Waals surface area contributed by atoms with Gasteiger partial charge in [0.1, 0.15) is 6.04 Å². The summed E-state index contributed by atoms with van der Waals surface area (Å²) in [6.07, 6.45) is 2.60. The summed E-state index contributed by atoms with van der Waals surface area (Å²) in [4.78, 5) is 25.4. The van der Waals surface area contributed by atoms with Crippen molar-refractivity contribution >= 4 is 11.8 Å². The third-order valence-electron chi connectivity index (χ3n) is 3.20. The fourth-order valence-electron chi connectivity index (χ4n) is 2.52. The second-order valence-corrected chi connectivity index (χ2v) is 4.97. The van der Waals surface area contributed by atoms with E-state index in [2.05, 4.69) is 12.2 Å². The molecular formula is C12H22N2O2. The topological polar surface area (TPSA) is 49.4 Å². The summed E-state index contributed by atoms with van der Waals surface area (Å²) >= 11 is 0. The molecule has 16 heavy (non-hydrogen) atoms. The Morgan fingerprint density at radius 1 is 1.38 bits per heavy atom. The van der Waals surface area contributed by atoms with Gasteiger partial charge in [0.05, 0.1) is 6.54 Å². The van der Waals surface area contributed by atoms with E-state index in [0.29, 0.717) is 6.42 Å². The van der Waals surface area contributed by atoms with Crippen LogP contribution in [0.3, 0.4) is 0 Å². The van der Waals surface area contributed by atoms with Crippen LogP contribution in [0.4, 0.5) is 0 Å². The van der Waals surface area contributed by atoms with Crippen molar-refractivity contribution in [3.8, 4) is 0 Å². The van der Waals surface area contributed by atoms with E-state index in [9.17, 15) is 9.59 Å². The lowest BCUT2D eigenvalue weighted by atomic mass is 9.92. The van der Waals surface area contributed by atoms with Gasteiger partial charge in [-0.25, -0.2) is 0 Å². The minimum absolute atomic E-state index is 0.0220. The number of carbonyl (C=O) groups excluding carboxylic acids is 2. The van der Waals surface area contributed by atoms with E-state index in [1.807, 2.05) is 20.8 Å². The minimum Gasteiger partial charge on any atom is -0.345 e. The average Bonchev–Trinajstić information content (AvgIpc) is 2.20. The molecule has 0 bridgehead atoms. The van der Waals surface area contributed by atoms with Crippen LogP contribution in [0.25, 0.3) is 0 Å². The molecule has 0 spiro atoms. The molecule has 0 aromatic carbocycles. The van der Waals surface area contributed by atoms with E-state index in [4.69, 9.17) is 0 Å². The quantitative estimate of drug-likeness (QED) is 0.785. The fourth-order valence-corrected chi connectivity index (χ4v) is 2.52. The van der Waals surface area contributed by atoms with E-state index in [-0.39, 0.29) is 29.9 Å². The van der Waals surface area contributed by atoms with Gasteiger partial charge in [0, 0.05) is 5.54 Å². The van der Waals surface area contributed by atoms with Crippen molar-refractivity contribution in [2.75, 3.05) is 6.54 Å². The third-order valence-corrected chi connectivity index (χ3v) is 3.20. The number of hydrogen-bond donors (Lipinski definition) is 1. The number of carbonyl (C=O) groups is 2. The predicted octanol–water partition coefficient (Wildman–Crippen LogP) is 1.30. The Kier molecular flexibility index (Phi) is 3.94. The highest BCUT2D eigenvalue weighted by Gasteiger charge is 2.41. The number of nitrogens with one attached hydrogen (secondary N) is 1. The molecule has 92 valence electrons. The summed E-state index contributed by atoms with van der Waals surface area (Å²) in [5, 5.41) is 2.65. The SMILES string of the molecule is CCCC(C)(C)N1C(=O)CNC(=O)C1CC. The molecule has 4 heteroatoms. The first-order chi connectivity index (χ1) is 7.44. The lowest BCUT2D eigenvalue weighted by molar-refractivity contribution is -0.152. The zero-order valence-electron chi connectivity index (χ0n) is 10.7. The van der Waals surface area contributed by atoms with E-state index >= 15 is 0 Å². The highest BCUT2D eigenvalue weighted by Crippen LogP contribution is 2.26. The molecule has 1 N–H and O–H groups in total. The van der Waals surface area contributed by atoms with Gasteiger partial charge in [-0.15, -0.1) is 0 Å². The van der Waals surface area contributed by atoms with Gasteiger partial charge in [-0.1, -0.05) is 20.3 Å². The Labute approximate surface area is 97.4 Å². The molecule has 1 rings (SSSR count). The van der Waals surface area contributed by atoms with Crippen molar-refractivity contribution in [1.29, 1.82) is 0 Å². The first-order valence-electron chi connectivity index (χ1n) is 6.04. The second kappa shape index (κ2) is 4.85. The molecule has 0 aromatic heterocycles. The Bertz CT molecular complexity index is 287. The van der Waals surface area contributed by atoms with Crippen molar-refractivity contribution in [3.63, 3.8) is 0 Å². The van der Waals surface area contributed by atoms with Crippen LogP contribution in [-0.4, -0.2) is 34.8 Å². The summed E-state index contributed by atoms with van der Waals surface area (Å²) in [6, 6.07) is -0.303. The van der Waals surface area contributed by atoms with Crippen LogP contribution in [0.2, 0.25) is 0 Å². The molecule has 0 aliphatic carbocycles. The molecule has 0 saturated carbocycles. The first-order valence-corrected chi connectivity index (χ1v) is 6.04. The highest BCUT2D eigenvalue weighted by molar-refractivity contribution is 5.95. The smallest absolute Gasteiger partial charge is 0.243 e. The van der Waals surface area contributed by atoms with Crippen molar-refractivity contribution in [2.24, 2.45) is 0 Å². The van der Waals surface area contributed by atoms with Crippen LogP contribution in [0.1, 0.15) is 47.0 Å². The number of hydrogen-bond acceptors (Lipinski definition) is 2. The third kappa shape index (κ3) is 2.36. The Hall–Kier alpha value is -1.06. The molecule has 1 heterocycles. The molecule has 4 nitrogen and oxygen atoms in total. The summed E-state index contributed by atoms with van der Waals surface area (Å²) in [5.41, 5.74) is -0.232. The van der Waals surface area contributed by atoms with Gasteiger partial charge in [0.25, 0.3) is 0 Å². The molecule has 1 aliphatic rings. The van der Waals surface area contributed by atoms with E-state index < -0.39 is 0 Å². The molecule has 1 aliphatic heterocycles. The van der Waals surface area contributed by atoms with Gasteiger partial charge >= 0.3 is 0 Å². The minimum atomic E-state index is -0.303. The van der Waals surface area contributed by atoms with Crippen LogP contribution >= 0.6 is 0 Å². The number of rotatable bonds is 4. The molecule has 1 unspecified atom stereocenters. The van der Waals surface area contributed by atoms with E-state index in [1.165, 1.54) is 0 Å². The molecule has 0 aromatic rings. The zero-order valence-corrected chi connectivity index (χ0v) is 10.7. The molecular weight excluding hydrogens is 204 g/mol. The summed E-state index contributed by atoms with van der Waals surface area (Å²) in [7, 11) is 0. The lowest BCUT2D eigenvalue weighted by Crippen LogP contribution is -2.64. The fraction of sp³-hybridized carbons (Fsp3) is 0.833. The molecule has 0 radical (unpaired) electrons. The predicted molar refractivity (Wildman–Crippen MR) is 62.9 cm³/mol. The van der Waals surface area contributed by atoms with Crippen molar-refractivity contribution in [2.45, 2.75) is 58.5 Å². The van der Waals surface area contributed by atoms with Crippen LogP contribution < -0.4 is 5.32 Å². The summed E-state index contributed by atoms with van der Waals surface area (Å²) in [6.45, 7) is 8.25. The van der Waals surface area contributed by atoms with Gasteiger partial charge in [0.2, 0.25) is 11.8 Å². The number of amides is 2. The maximum atomic E-state index is 11.9. The van der Waals surface area contributed by atoms with Crippen molar-refractivity contribution in [3.05, 3.63) is 0 Å². The molecule has 1 atom stereocenters. The van der Waals surface area contributed by atoms with E-state index in [1.54, 1.807) is 4.90 Å². The van der Waals surface area contributed by atoms with Crippen molar-refractivity contribution in [1.82, 2.24) is 10.2 Å².